The van der Waals surface area contributed by atoms with E-state index in [1.165, 1.54) is 4.90 Å². The van der Waals surface area contributed by atoms with Gasteiger partial charge in [0, 0.05) is 17.1 Å². The minimum atomic E-state index is -2.69. The van der Waals surface area contributed by atoms with Gasteiger partial charge < -0.3 is 35.6 Å². The Kier molecular flexibility index (Phi) is 6.23. The van der Waals surface area contributed by atoms with Crippen LogP contribution in [0.5, 0.6) is 17.2 Å². The van der Waals surface area contributed by atoms with E-state index in [0.717, 1.165) is 5.56 Å². The monoisotopic (exact) mass is 590 g/mol. The molecule has 3 aliphatic carbocycles. The average molecular weight is 591 g/mol. The van der Waals surface area contributed by atoms with Crippen molar-refractivity contribution in [1.82, 2.24) is 4.90 Å². The third-order valence-electron chi connectivity index (χ3n) is 9.21. The van der Waals surface area contributed by atoms with E-state index in [9.17, 15) is 34.8 Å². The zero-order valence-electron chi connectivity index (χ0n) is 24.5. The van der Waals surface area contributed by atoms with Crippen LogP contribution in [0.15, 0.2) is 46.9 Å². The van der Waals surface area contributed by atoms with Crippen molar-refractivity contribution < 1.29 is 44.3 Å². The Morgan fingerprint density at radius 3 is 2.37 bits per heavy atom. The van der Waals surface area contributed by atoms with Crippen molar-refractivity contribution in [1.29, 1.82) is 0 Å². The Labute approximate surface area is 247 Å². The van der Waals surface area contributed by atoms with E-state index >= 15 is 0 Å². The third-order valence-corrected chi connectivity index (χ3v) is 9.21. The summed E-state index contributed by atoms with van der Waals surface area (Å²) in [4.78, 5) is 41.7. The van der Waals surface area contributed by atoms with Crippen LogP contribution in [-0.2, 0) is 21.4 Å². The van der Waals surface area contributed by atoms with Gasteiger partial charge in [-0.2, -0.15) is 0 Å². The molecule has 4 atom stereocenters. The summed E-state index contributed by atoms with van der Waals surface area (Å²) in [5.41, 5.74) is 3.53. The van der Waals surface area contributed by atoms with Crippen molar-refractivity contribution in [3.63, 3.8) is 0 Å². The molecule has 11 heteroatoms. The minimum Gasteiger partial charge on any atom is -0.510 e. The van der Waals surface area contributed by atoms with Crippen LogP contribution < -0.4 is 15.2 Å². The maximum absolute atomic E-state index is 14.3. The van der Waals surface area contributed by atoms with Crippen LogP contribution in [-0.4, -0.2) is 75.3 Å². The summed E-state index contributed by atoms with van der Waals surface area (Å²) in [5, 5.41) is 46.0. The standard InChI is InChI=1S/C32H34N2O9/c1-31(2,3)18-11-15(13-6-7-19-20(10-13)43-12-42-19)16-8-14-9-17-24(34(4)5)27(37)23(30(33)40)29(39)32(17,41)28(38)21(14)26(36)22(16)25(18)35/h6-7,10-11,14,17,24,35,37-38,41H,8-9,12H2,1-5H3,(H2,33,40). The van der Waals surface area contributed by atoms with Crippen LogP contribution >= 0.6 is 0 Å². The number of likely N-dealkylation sites (N-methyl/N-ethyl adjacent to an activating group) is 1. The molecule has 4 aliphatic rings. The molecule has 1 heterocycles. The van der Waals surface area contributed by atoms with Crippen molar-refractivity contribution in [2.24, 2.45) is 17.6 Å². The maximum atomic E-state index is 14.3. The zero-order chi connectivity index (χ0) is 31.3. The Bertz CT molecular complexity index is 1700. The van der Waals surface area contributed by atoms with E-state index in [4.69, 9.17) is 15.2 Å². The summed E-state index contributed by atoms with van der Waals surface area (Å²) in [6.45, 7) is 5.77. The summed E-state index contributed by atoms with van der Waals surface area (Å²) >= 11 is 0. The van der Waals surface area contributed by atoms with Crippen LogP contribution in [0.25, 0.3) is 11.1 Å². The molecule has 43 heavy (non-hydrogen) atoms. The molecule has 6 rings (SSSR count). The van der Waals surface area contributed by atoms with Crippen LogP contribution in [0.1, 0.15) is 48.7 Å². The molecule has 0 bridgehead atoms. The second-order valence-corrected chi connectivity index (χ2v) is 13.0. The van der Waals surface area contributed by atoms with Crippen molar-refractivity contribution in [3.05, 3.63) is 63.6 Å². The number of rotatable bonds is 3. The van der Waals surface area contributed by atoms with Gasteiger partial charge in [-0.3, -0.25) is 19.3 Å². The number of amides is 1. The van der Waals surface area contributed by atoms with Gasteiger partial charge in [0.2, 0.25) is 12.6 Å². The summed E-state index contributed by atoms with van der Waals surface area (Å²) in [7, 11) is 3.19. The normalized spacial score (nSPS) is 26.4. The summed E-state index contributed by atoms with van der Waals surface area (Å²) in [6.07, 6.45) is 0.185. The largest absolute Gasteiger partial charge is 0.510 e. The Morgan fingerprint density at radius 1 is 1.07 bits per heavy atom. The molecule has 4 unspecified atom stereocenters. The molecule has 1 amide bonds. The lowest BCUT2D eigenvalue weighted by Gasteiger charge is -2.50. The summed E-state index contributed by atoms with van der Waals surface area (Å²) in [6, 6.07) is 6.22. The van der Waals surface area contributed by atoms with E-state index < -0.39 is 63.5 Å². The lowest BCUT2D eigenvalue weighted by molar-refractivity contribution is -0.148. The van der Waals surface area contributed by atoms with Gasteiger partial charge in [-0.25, -0.2) is 0 Å². The molecule has 2 aromatic carbocycles. The fraction of sp³-hybridized carbons (Fsp3) is 0.406. The van der Waals surface area contributed by atoms with E-state index in [2.05, 4.69) is 0 Å². The Hall–Kier alpha value is -4.35. The number of nitrogens with two attached hydrogens (primary N) is 1. The van der Waals surface area contributed by atoms with Gasteiger partial charge in [-0.05, 0) is 73.2 Å². The number of ketones is 2. The maximum Gasteiger partial charge on any atom is 0.255 e. The number of carbonyl (C=O) groups excluding carboxylic acids is 3. The zero-order valence-corrected chi connectivity index (χ0v) is 24.5. The number of allylic oxidation sites excluding steroid dienone is 1. The fourth-order valence-electron chi connectivity index (χ4n) is 7.21. The number of benzene rings is 2. The quantitative estimate of drug-likeness (QED) is 0.334. The first kappa shape index (κ1) is 28.8. The predicted molar refractivity (Wildman–Crippen MR) is 154 cm³/mol. The van der Waals surface area contributed by atoms with Gasteiger partial charge in [0.1, 0.15) is 22.8 Å². The van der Waals surface area contributed by atoms with Crippen LogP contribution in [0.3, 0.4) is 0 Å². The Morgan fingerprint density at radius 2 is 1.74 bits per heavy atom. The summed E-state index contributed by atoms with van der Waals surface area (Å²) in [5.74, 6) is -5.65. The number of Topliss-reactive ketones (excluding diaryl/α,β-unsaturated/α-hetero) is 2. The number of ether oxygens (including phenoxy) is 2. The highest BCUT2D eigenvalue weighted by Gasteiger charge is 2.63. The highest BCUT2D eigenvalue weighted by Crippen LogP contribution is 2.54. The van der Waals surface area contributed by atoms with Gasteiger partial charge in [-0.1, -0.05) is 26.8 Å². The highest BCUT2D eigenvalue weighted by molar-refractivity contribution is 6.25. The highest BCUT2D eigenvalue weighted by atomic mass is 16.7. The number of hydrogen-bond acceptors (Lipinski definition) is 10. The number of fused-ring (bicyclic) bond motifs is 4. The molecule has 0 radical (unpaired) electrons. The van der Waals surface area contributed by atoms with Crippen LogP contribution in [0.2, 0.25) is 0 Å². The molecule has 226 valence electrons. The lowest BCUT2D eigenvalue weighted by Crippen LogP contribution is -2.63. The molecule has 0 spiro atoms. The first-order valence-corrected chi connectivity index (χ1v) is 14.0. The predicted octanol–water partition coefficient (Wildman–Crippen LogP) is 2.81. The lowest BCUT2D eigenvalue weighted by atomic mass is 9.58. The number of hydrogen-bond donors (Lipinski definition) is 5. The number of phenolic OH excluding ortho intramolecular Hbond substituents is 1. The number of primary amides is 1. The number of aliphatic hydroxyl groups excluding tert-OH is 2. The second-order valence-electron chi connectivity index (χ2n) is 13.0. The SMILES string of the molecule is CN(C)C1C(O)=C(C(N)=O)C(=O)C2(O)C(O)=C3C(=O)c4c(O)c(C(C)(C)C)cc(-c5ccc6c(c5)OCO6)c4CC3CC12. The molecule has 0 saturated carbocycles. The molecule has 0 fully saturated rings. The molecule has 6 N–H and O–H groups in total. The molecular weight excluding hydrogens is 556 g/mol. The van der Waals surface area contributed by atoms with Crippen molar-refractivity contribution >= 4 is 17.5 Å². The van der Waals surface area contributed by atoms with Crippen molar-refractivity contribution in [3.8, 4) is 28.4 Å². The van der Waals surface area contributed by atoms with Gasteiger partial charge in [0.15, 0.2) is 22.9 Å². The Balaban J connectivity index is 1.60. The molecule has 1 aliphatic heterocycles. The first-order chi connectivity index (χ1) is 20.1. The van der Waals surface area contributed by atoms with E-state index in [1.54, 1.807) is 20.2 Å². The van der Waals surface area contributed by atoms with Crippen molar-refractivity contribution in [2.45, 2.75) is 50.7 Å². The minimum absolute atomic E-state index is 0.00806. The number of aliphatic hydroxyl groups is 3. The number of phenols is 1. The molecule has 0 aromatic heterocycles. The van der Waals surface area contributed by atoms with E-state index in [1.807, 2.05) is 39.0 Å². The van der Waals surface area contributed by atoms with Gasteiger partial charge in [0.05, 0.1) is 11.6 Å². The first-order valence-electron chi connectivity index (χ1n) is 14.0. The van der Waals surface area contributed by atoms with Gasteiger partial charge >= 0.3 is 0 Å². The smallest absolute Gasteiger partial charge is 0.255 e. The second kappa shape index (κ2) is 9.32. The summed E-state index contributed by atoms with van der Waals surface area (Å²) < 4.78 is 11.1. The molecular formula is C32H34N2O9. The van der Waals surface area contributed by atoms with E-state index in [-0.39, 0.29) is 36.5 Å². The number of carbonyl (C=O) groups is 3. The van der Waals surface area contributed by atoms with Crippen molar-refractivity contribution in [2.75, 3.05) is 20.9 Å². The molecule has 0 saturated heterocycles. The topological polar surface area (TPSA) is 180 Å². The molecule has 11 nitrogen and oxygen atoms in total. The number of nitrogens with zero attached hydrogens (tertiary/aromatic N) is 1. The number of aromatic hydroxyl groups is 1. The van der Waals surface area contributed by atoms with Crippen LogP contribution in [0.4, 0.5) is 0 Å². The average Bonchev–Trinajstić information content (AvgIpc) is 3.38. The molecule has 2 aromatic rings. The fourth-order valence-corrected chi connectivity index (χ4v) is 7.21. The van der Waals surface area contributed by atoms with Gasteiger partial charge in [-0.15, -0.1) is 0 Å². The third kappa shape index (κ3) is 3.91. The van der Waals surface area contributed by atoms with Crippen LogP contribution in [0, 0.1) is 11.8 Å². The van der Waals surface area contributed by atoms with E-state index in [0.29, 0.717) is 28.2 Å². The van der Waals surface area contributed by atoms with Gasteiger partial charge in [0.25, 0.3) is 5.91 Å².